The van der Waals surface area contributed by atoms with Crippen molar-refractivity contribution >= 4 is 11.8 Å². The fourth-order valence-electron chi connectivity index (χ4n) is 3.07. The standard InChI is InChI=1S/C22H16N4O3/c1-2-29-22(28)14-9-7-13(8-10-14)15-5-3-4-6-16(15)19-17(11-23)20(25)26-21(27)18(19)12-24/h3-10H,2H2,1H3,(H3,25,26,27). The van der Waals surface area contributed by atoms with E-state index in [2.05, 4.69) is 4.98 Å². The van der Waals surface area contributed by atoms with Crippen LogP contribution in [0.15, 0.2) is 53.3 Å². The van der Waals surface area contributed by atoms with Crippen LogP contribution in [0.5, 0.6) is 0 Å². The number of aromatic nitrogens is 1. The van der Waals surface area contributed by atoms with E-state index in [1.807, 2.05) is 12.1 Å². The van der Waals surface area contributed by atoms with Crippen molar-refractivity contribution in [3.63, 3.8) is 0 Å². The summed E-state index contributed by atoms with van der Waals surface area (Å²) in [5.41, 5.74) is 7.52. The minimum absolute atomic E-state index is 0.0248. The summed E-state index contributed by atoms with van der Waals surface area (Å²) in [4.78, 5) is 26.5. The molecule has 0 aliphatic carbocycles. The maximum absolute atomic E-state index is 12.2. The first-order valence-corrected chi connectivity index (χ1v) is 8.74. The van der Waals surface area contributed by atoms with Crippen LogP contribution in [0.1, 0.15) is 28.4 Å². The van der Waals surface area contributed by atoms with Gasteiger partial charge in [-0.25, -0.2) is 4.79 Å². The Bertz CT molecular complexity index is 1230. The molecule has 0 bridgehead atoms. The molecule has 0 amide bonds. The molecule has 0 radical (unpaired) electrons. The van der Waals surface area contributed by atoms with Crippen molar-refractivity contribution in [2.45, 2.75) is 6.92 Å². The summed E-state index contributed by atoms with van der Waals surface area (Å²) in [7, 11) is 0. The van der Waals surface area contributed by atoms with Gasteiger partial charge in [-0.15, -0.1) is 0 Å². The first-order chi connectivity index (χ1) is 14.0. The van der Waals surface area contributed by atoms with E-state index in [9.17, 15) is 20.1 Å². The topological polar surface area (TPSA) is 133 Å². The minimum atomic E-state index is -0.661. The summed E-state index contributed by atoms with van der Waals surface area (Å²) >= 11 is 0. The molecule has 0 aliphatic heterocycles. The molecule has 142 valence electrons. The van der Waals surface area contributed by atoms with E-state index in [4.69, 9.17) is 10.5 Å². The predicted molar refractivity (Wildman–Crippen MR) is 108 cm³/mol. The lowest BCUT2D eigenvalue weighted by molar-refractivity contribution is 0.0526. The highest BCUT2D eigenvalue weighted by Crippen LogP contribution is 2.36. The minimum Gasteiger partial charge on any atom is -0.462 e. The lowest BCUT2D eigenvalue weighted by Gasteiger charge is -2.14. The first-order valence-electron chi connectivity index (χ1n) is 8.74. The van der Waals surface area contributed by atoms with Crippen LogP contribution in [0, 0.1) is 22.7 Å². The fraction of sp³-hybridized carbons (Fsp3) is 0.0909. The van der Waals surface area contributed by atoms with Gasteiger partial charge in [0.05, 0.1) is 12.2 Å². The van der Waals surface area contributed by atoms with Crippen LogP contribution in [-0.2, 0) is 4.74 Å². The Hall–Kier alpha value is -4.36. The number of nitrogen functional groups attached to an aromatic ring is 1. The Morgan fingerprint density at radius 2 is 1.66 bits per heavy atom. The highest BCUT2D eigenvalue weighted by Gasteiger charge is 2.20. The van der Waals surface area contributed by atoms with Crippen molar-refractivity contribution in [2.75, 3.05) is 12.3 Å². The molecule has 3 N–H and O–H groups in total. The molecule has 29 heavy (non-hydrogen) atoms. The lowest BCUT2D eigenvalue weighted by Crippen LogP contribution is -2.16. The Morgan fingerprint density at radius 3 is 2.24 bits per heavy atom. The van der Waals surface area contributed by atoms with Crippen LogP contribution in [0.4, 0.5) is 5.82 Å². The van der Waals surface area contributed by atoms with Gasteiger partial charge in [-0.2, -0.15) is 10.5 Å². The zero-order chi connectivity index (χ0) is 21.0. The normalized spacial score (nSPS) is 10.0. The smallest absolute Gasteiger partial charge is 0.338 e. The van der Waals surface area contributed by atoms with Crippen molar-refractivity contribution in [3.05, 3.63) is 75.6 Å². The molecule has 0 saturated heterocycles. The molecule has 0 fully saturated rings. The zero-order valence-electron chi connectivity index (χ0n) is 15.5. The number of rotatable bonds is 4. The van der Waals surface area contributed by atoms with Gasteiger partial charge in [-0.3, -0.25) is 4.79 Å². The Labute approximate surface area is 166 Å². The third-order valence-electron chi connectivity index (χ3n) is 4.37. The molecule has 0 unspecified atom stereocenters. The monoisotopic (exact) mass is 384 g/mol. The molecule has 1 aromatic heterocycles. The molecular formula is C22H16N4O3. The molecule has 3 rings (SSSR count). The number of pyridine rings is 1. The molecule has 0 saturated carbocycles. The van der Waals surface area contributed by atoms with Crippen molar-refractivity contribution in [2.24, 2.45) is 0 Å². The van der Waals surface area contributed by atoms with Gasteiger partial charge in [0, 0.05) is 5.56 Å². The molecule has 0 atom stereocenters. The third-order valence-corrected chi connectivity index (χ3v) is 4.37. The van der Waals surface area contributed by atoms with Crippen LogP contribution >= 0.6 is 0 Å². The summed E-state index contributed by atoms with van der Waals surface area (Å²) in [5, 5.41) is 19.1. The highest BCUT2D eigenvalue weighted by molar-refractivity contribution is 5.92. The Morgan fingerprint density at radius 1 is 1.03 bits per heavy atom. The molecular weight excluding hydrogens is 368 g/mol. The van der Waals surface area contributed by atoms with Crippen LogP contribution in [0.3, 0.4) is 0 Å². The maximum atomic E-state index is 12.2. The van der Waals surface area contributed by atoms with Gasteiger partial charge in [-0.1, -0.05) is 36.4 Å². The average molecular weight is 384 g/mol. The van der Waals surface area contributed by atoms with Crippen LogP contribution in [0.2, 0.25) is 0 Å². The summed E-state index contributed by atoms with van der Waals surface area (Å²) < 4.78 is 4.99. The van der Waals surface area contributed by atoms with E-state index in [0.717, 1.165) is 5.56 Å². The number of H-pyrrole nitrogens is 1. The number of carbonyl (C=O) groups is 1. The molecule has 1 heterocycles. The van der Waals surface area contributed by atoms with Gasteiger partial charge in [0.15, 0.2) is 0 Å². The van der Waals surface area contributed by atoms with E-state index in [0.29, 0.717) is 16.7 Å². The quantitative estimate of drug-likeness (QED) is 0.664. The van der Waals surface area contributed by atoms with Gasteiger partial charge in [0.1, 0.15) is 29.1 Å². The van der Waals surface area contributed by atoms with Crippen molar-refractivity contribution in [1.82, 2.24) is 4.98 Å². The predicted octanol–water partition coefficient (Wildman–Crippen LogP) is 3.21. The van der Waals surface area contributed by atoms with Gasteiger partial charge >= 0.3 is 5.97 Å². The number of benzene rings is 2. The van der Waals surface area contributed by atoms with Gasteiger partial charge < -0.3 is 15.5 Å². The third kappa shape index (κ3) is 3.58. The van der Waals surface area contributed by atoms with Crippen molar-refractivity contribution in [3.8, 4) is 34.4 Å². The number of nitriles is 2. The van der Waals surface area contributed by atoms with Gasteiger partial charge in [-0.05, 0) is 35.7 Å². The highest BCUT2D eigenvalue weighted by atomic mass is 16.5. The number of aromatic amines is 1. The summed E-state index contributed by atoms with van der Waals surface area (Å²) in [6, 6.07) is 17.6. The summed E-state index contributed by atoms with van der Waals surface area (Å²) in [5.74, 6) is -0.521. The number of ether oxygens (including phenoxy) is 1. The number of nitrogens with one attached hydrogen (secondary N) is 1. The van der Waals surface area contributed by atoms with Crippen LogP contribution < -0.4 is 11.3 Å². The Kier molecular flexibility index (Phi) is 5.43. The number of nitrogens with zero attached hydrogens (tertiary/aromatic N) is 2. The second-order valence-electron chi connectivity index (χ2n) is 6.06. The first kappa shape index (κ1) is 19.4. The SMILES string of the molecule is CCOC(=O)c1ccc(-c2ccccc2-c2c(C#N)c(N)[nH]c(=O)c2C#N)cc1. The zero-order valence-corrected chi connectivity index (χ0v) is 15.5. The molecule has 2 aromatic carbocycles. The second kappa shape index (κ2) is 8.12. The van der Waals surface area contributed by atoms with Crippen molar-refractivity contribution in [1.29, 1.82) is 10.5 Å². The largest absolute Gasteiger partial charge is 0.462 e. The number of hydrogen-bond acceptors (Lipinski definition) is 6. The number of esters is 1. The molecule has 0 aliphatic rings. The number of hydrogen-bond donors (Lipinski definition) is 2. The van der Waals surface area contributed by atoms with E-state index in [1.165, 1.54) is 0 Å². The number of nitrogens with two attached hydrogens (primary N) is 1. The fourth-order valence-corrected chi connectivity index (χ4v) is 3.07. The van der Waals surface area contributed by atoms with Crippen LogP contribution in [-0.4, -0.2) is 17.6 Å². The van der Waals surface area contributed by atoms with Gasteiger partial charge in [0.2, 0.25) is 0 Å². The maximum Gasteiger partial charge on any atom is 0.338 e. The molecule has 0 spiro atoms. The van der Waals surface area contributed by atoms with Crippen molar-refractivity contribution < 1.29 is 9.53 Å². The second-order valence-corrected chi connectivity index (χ2v) is 6.06. The molecule has 3 aromatic rings. The summed E-state index contributed by atoms with van der Waals surface area (Å²) in [6.07, 6.45) is 0. The van der Waals surface area contributed by atoms with E-state index in [1.54, 1.807) is 55.5 Å². The van der Waals surface area contributed by atoms with Gasteiger partial charge in [0.25, 0.3) is 5.56 Å². The van der Waals surface area contributed by atoms with E-state index >= 15 is 0 Å². The molecule has 7 nitrogen and oxygen atoms in total. The number of carbonyl (C=O) groups excluding carboxylic acids is 1. The summed E-state index contributed by atoms with van der Waals surface area (Å²) in [6.45, 7) is 2.01. The van der Waals surface area contributed by atoms with E-state index < -0.39 is 11.5 Å². The Balaban J connectivity index is 2.23. The van der Waals surface area contributed by atoms with E-state index in [-0.39, 0.29) is 29.1 Å². The average Bonchev–Trinajstić information content (AvgIpc) is 2.73. The number of anilines is 1. The van der Waals surface area contributed by atoms with Crippen LogP contribution in [0.25, 0.3) is 22.3 Å². The molecule has 7 heteroatoms. The lowest BCUT2D eigenvalue weighted by atomic mass is 9.89.